The van der Waals surface area contributed by atoms with E-state index in [0.29, 0.717) is 19.6 Å². The van der Waals surface area contributed by atoms with Crippen molar-refractivity contribution in [1.82, 2.24) is 5.32 Å². The first-order valence-electron chi connectivity index (χ1n) is 4.77. The van der Waals surface area contributed by atoms with Gasteiger partial charge in [0.25, 0.3) is 0 Å². The van der Waals surface area contributed by atoms with Crippen LogP contribution in [0.15, 0.2) is 0 Å². The Morgan fingerprint density at radius 3 is 2.77 bits per heavy atom. The van der Waals surface area contributed by atoms with Crippen LogP contribution in [0.4, 0.5) is 0 Å². The molecule has 1 fully saturated rings. The molecule has 1 atom stereocenters. The Balaban J connectivity index is 2.25. The van der Waals surface area contributed by atoms with Gasteiger partial charge in [0.05, 0.1) is 19.3 Å². The molecular weight excluding hydrogens is 170 g/mol. The number of aliphatic hydroxyl groups excluding tert-OH is 1. The van der Waals surface area contributed by atoms with E-state index in [1.54, 1.807) is 0 Å². The second-order valence-electron chi connectivity index (χ2n) is 3.36. The minimum atomic E-state index is -0.0504. The standard InChI is InChI=1S/C9H17NO3/c1-2-7(3-4-11)9(12)10-8-5-13-6-8/h7-8,11H,2-6H2,1H3,(H,10,12)/t7-/m0/s1. The monoisotopic (exact) mass is 187 g/mol. The molecule has 1 aliphatic rings. The van der Waals surface area contributed by atoms with Gasteiger partial charge in [-0.15, -0.1) is 0 Å². The molecule has 4 heteroatoms. The van der Waals surface area contributed by atoms with Crippen molar-refractivity contribution in [2.75, 3.05) is 19.8 Å². The molecule has 1 amide bonds. The fourth-order valence-electron chi connectivity index (χ4n) is 1.31. The SMILES string of the molecule is CC[C@@H](CCO)C(=O)NC1COC1. The van der Waals surface area contributed by atoms with Crippen molar-refractivity contribution in [2.24, 2.45) is 5.92 Å². The van der Waals surface area contributed by atoms with E-state index in [0.717, 1.165) is 6.42 Å². The third-order valence-electron chi connectivity index (χ3n) is 2.33. The molecule has 0 unspecified atom stereocenters. The largest absolute Gasteiger partial charge is 0.396 e. The topological polar surface area (TPSA) is 58.6 Å². The fourth-order valence-corrected chi connectivity index (χ4v) is 1.31. The van der Waals surface area contributed by atoms with Crippen molar-refractivity contribution in [3.63, 3.8) is 0 Å². The average Bonchev–Trinajstić information content (AvgIpc) is 2.07. The second-order valence-corrected chi connectivity index (χ2v) is 3.36. The predicted molar refractivity (Wildman–Crippen MR) is 48.2 cm³/mol. The molecular formula is C9H17NO3. The van der Waals surface area contributed by atoms with Gasteiger partial charge in [0, 0.05) is 12.5 Å². The van der Waals surface area contributed by atoms with E-state index in [-0.39, 0.29) is 24.5 Å². The van der Waals surface area contributed by atoms with Crippen molar-refractivity contribution in [2.45, 2.75) is 25.8 Å². The number of aliphatic hydroxyl groups is 1. The molecule has 76 valence electrons. The molecule has 0 bridgehead atoms. The third kappa shape index (κ3) is 2.97. The van der Waals surface area contributed by atoms with Gasteiger partial charge in [0.2, 0.25) is 5.91 Å². The lowest BCUT2D eigenvalue weighted by molar-refractivity contribution is -0.129. The van der Waals surface area contributed by atoms with Crippen LogP contribution >= 0.6 is 0 Å². The number of nitrogens with one attached hydrogen (secondary N) is 1. The van der Waals surface area contributed by atoms with Gasteiger partial charge in [0.15, 0.2) is 0 Å². The van der Waals surface area contributed by atoms with Crippen molar-refractivity contribution in [1.29, 1.82) is 0 Å². The molecule has 4 nitrogen and oxygen atoms in total. The Morgan fingerprint density at radius 1 is 1.69 bits per heavy atom. The highest BCUT2D eigenvalue weighted by Gasteiger charge is 2.23. The van der Waals surface area contributed by atoms with Crippen LogP contribution in [0.2, 0.25) is 0 Å². The number of amides is 1. The molecule has 13 heavy (non-hydrogen) atoms. The molecule has 0 spiro atoms. The minimum absolute atomic E-state index is 0.0462. The van der Waals surface area contributed by atoms with Gasteiger partial charge in [-0.25, -0.2) is 0 Å². The summed E-state index contributed by atoms with van der Waals surface area (Å²) in [5.74, 6) is -0.00421. The first-order valence-corrected chi connectivity index (χ1v) is 4.77. The van der Waals surface area contributed by atoms with E-state index < -0.39 is 0 Å². The van der Waals surface area contributed by atoms with Gasteiger partial charge in [0.1, 0.15) is 0 Å². The number of ether oxygens (including phenoxy) is 1. The highest BCUT2D eigenvalue weighted by Crippen LogP contribution is 2.09. The van der Waals surface area contributed by atoms with Crippen LogP contribution in [0, 0.1) is 5.92 Å². The number of hydrogen-bond acceptors (Lipinski definition) is 3. The fraction of sp³-hybridized carbons (Fsp3) is 0.889. The smallest absolute Gasteiger partial charge is 0.223 e. The summed E-state index contributed by atoms with van der Waals surface area (Å²) in [6.45, 7) is 3.28. The van der Waals surface area contributed by atoms with E-state index in [9.17, 15) is 4.79 Å². The number of carbonyl (C=O) groups excluding carboxylic acids is 1. The lowest BCUT2D eigenvalue weighted by Crippen LogP contribution is -2.50. The van der Waals surface area contributed by atoms with Gasteiger partial charge >= 0.3 is 0 Å². The maximum absolute atomic E-state index is 11.5. The van der Waals surface area contributed by atoms with Crippen molar-refractivity contribution in [3.8, 4) is 0 Å². The summed E-state index contributed by atoms with van der Waals surface area (Å²) in [5.41, 5.74) is 0. The quantitative estimate of drug-likeness (QED) is 0.632. The van der Waals surface area contributed by atoms with E-state index in [1.165, 1.54) is 0 Å². The molecule has 1 rings (SSSR count). The summed E-state index contributed by atoms with van der Waals surface area (Å²) in [4.78, 5) is 11.5. The van der Waals surface area contributed by atoms with Crippen LogP contribution in [0.1, 0.15) is 19.8 Å². The summed E-state index contributed by atoms with van der Waals surface area (Å²) in [7, 11) is 0. The normalized spacial score (nSPS) is 19.2. The summed E-state index contributed by atoms with van der Waals surface area (Å²) >= 11 is 0. The Morgan fingerprint density at radius 2 is 2.38 bits per heavy atom. The van der Waals surface area contributed by atoms with Gasteiger partial charge < -0.3 is 15.2 Å². The molecule has 0 saturated carbocycles. The number of hydrogen-bond donors (Lipinski definition) is 2. The Labute approximate surface area is 78.3 Å². The van der Waals surface area contributed by atoms with Crippen LogP contribution in [-0.4, -0.2) is 36.9 Å². The summed E-state index contributed by atoms with van der Waals surface area (Å²) in [6.07, 6.45) is 1.33. The van der Waals surface area contributed by atoms with Gasteiger partial charge in [-0.05, 0) is 12.8 Å². The van der Waals surface area contributed by atoms with Gasteiger partial charge in [-0.2, -0.15) is 0 Å². The zero-order valence-corrected chi connectivity index (χ0v) is 7.95. The van der Waals surface area contributed by atoms with Crippen LogP contribution in [-0.2, 0) is 9.53 Å². The lowest BCUT2D eigenvalue weighted by atomic mass is 10.0. The van der Waals surface area contributed by atoms with Crippen LogP contribution in [0.3, 0.4) is 0 Å². The Kier molecular flexibility index (Phi) is 4.18. The average molecular weight is 187 g/mol. The van der Waals surface area contributed by atoms with Crippen LogP contribution in [0.25, 0.3) is 0 Å². The predicted octanol–water partition coefficient (Wildman–Crippen LogP) is -0.0900. The Hall–Kier alpha value is -0.610. The van der Waals surface area contributed by atoms with Crippen molar-refractivity contribution < 1.29 is 14.6 Å². The molecule has 0 radical (unpaired) electrons. The molecule has 0 aromatic heterocycles. The molecule has 0 aromatic rings. The molecule has 1 aliphatic heterocycles. The van der Waals surface area contributed by atoms with Crippen LogP contribution < -0.4 is 5.32 Å². The molecule has 0 aromatic carbocycles. The van der Waals surface area contributed by atoms with E-state index >= 15 is 0 Å². The highest BCUT2D eigenvalue weighted by atomic mass is 16.5. The third-order valence-corrected chi connectivity index (χ3v) is 2.33. The lowest BCUT2D eigenvalue weighted by Gasteiger charge is -2.28. The summed E-state index contributed by atoms with van der Waals surface area (Å²) < 4.78 is 4.94. The maximum atomic E-state index is 11.5. The van der Waals surface area contributed by atoms with Crippen LogP contribution in [0.5, 0.6) is 0 Å². The molecule has 2 N–H and O–H groups in total. The molecule has 1 saturated heterocycles. The molecule has 1 heterocycles. The van der Waals surface area contributed by atoms with Crippen molar-refractivity contribution >= 4 is 5.91 Å². The number of carbonyl (C=O) groups is 1. The zero-order chi connectivity index (χ0) is 9.68. The minimum Gasteiger partial charge on any atom is -0.396 e. The van der Waals surface area contributed by atoms with E-state index in [1.807, 2.05) is 6.92 Å². The summed E-state index contributed by atoms with van der Waals surface area (Å²) in [5, 5.41) is 11.6. The van der Waals surface area contributed by atoms with E-state index in [2.05, 4.69) is 5.32 Å². The summed E-state index contributed by atoms with van der Waals surface area (Å²) in [6, 6.07) is 0.195. The maximum Gasteiger partial charge on any atom is 0.223 e. The van der Waals surface area contributed by atoms with Crippen molar-refractivity contribution in [3.05, 3.63) is 0 Å². The zero-order valence-electron chi connectivity index (χ0n) is 7.95. The second kappa shape index (κ2) is 5.19. The first kappa shape index (κ1) is 10.5. The Bertz CT molecular complexity index is 168. The molecule has 0 aliphatic carbocycles. The first-order chi connectivity index (χ1) is 6.27. The number of rotatable bonds is 5. The van der Waals surface area contributed by atoms with Gasteiger partial charge in [-0.1, -0.05) is 6.92 Å². The van der Waals surface area contributed by atoms with E-state index in [4.69, 9.17) is 9.84 Å². The highest BCUT2D eigenvalue weighted by molar-refractivity contribution is 5.78. The van der Waals surface area contributed by atoms with Gasteiger partial charge in [-0.3, -0.25) is 4.79 Å².